The molecule has 6 aliphatic heterocycles. The van der Waals surface area contributed by atoms with E-state index in [1.54, 1.807) is 0 Å². The van der Waals surface area contributed by atoms with Gasteiger partial charge in [0.15, 0.2) is 0 Å². The second-order valence-electron chi connectivity index (χ2n) is 9.20. The highest BCUT2D eigenvalue weighted by molar-refractivity contribution is 8.14. The van der Waals surface area contributed by atoms with Crippen molar-refractivity contribution >= 4 is 34.3 Å². The van der Waals surface area contributed by atoms with Gasteiger partial charge in [-0.15, -0.1) is 23.5 Å². The van der Waals surface area contributed by atoms with Gasteiger partial charge in [-0.1, -0.05) is 5.16 Å². The summed E-state index contributed by atoms with van der Waals surface area (Å²) in [5.41, 5.74) is 4.42. The van der Waals surface area contributed by atoms with Gasteiger partial charge in [-0.2, -0.15) is 0 Å². The molecule has 0 radical (unpaired) electrons. The van der Waals surface area contributed by atoms with Gasteiger partial charge in [0, 0.05) is 63.7 Å². The van der Waals surface area contributed by atoms with Gasteiger partial charge in [0.05, 0.1) is 34.8 Å². The Bertz CT molecular complexity index is 708. The van der Waals surface area contributed by atoms with Crippen LogP contribution in [0.1, 0.15) is 25.7 Å². The lowest BCUT2D eigenvalue weighted by Crippen LogP contribution is -2.84. The number of nitrogens with one attached hydrogen (secondary N) is 2. The van der Waals surface area contributed by atoms with Gasteiger partial charge < -0.3 is 14.9 Å². The molecule has 178 valence electrons. The highest BCUT2D eigenvalue weighted by Crippen LogP contribution is 2.57. The minimum Gasteiger partial charge on any atom is -0.395 e. The van der Waals surface area contributed by atoms with E-state index in [4.69, 9.17) is 19.7 Å². The van der Waals surface area contributed by atoms with Gasteiger partial charge in [-0.25, -0.2) is 15.0 Å². The first-order valence-electron chi connectivity index (χ1n) is 12.2. The molecule has 0 aromatic rings. The fourth-order valence-electron chi connectivity index (χ4n) is 6.54. The highest BCUT2D eigenvalue weighted by atomic mass is 32.2. The van der Waals surface area contributed by atoms with Gasteiger partial charge in [-0.3, -0.25) is 10.4 Å². The molecule has 4 saturated heterocycles. The van der Waals surface area contributed by atoms with Crippen molar-refractivity contribution in [3.05, 3.63) is 0 Å². The van der Waals surface area contributed by atoms with Crippen molar-refractivity contribution in [2.75, 3.05) is 77.1 Å². The standard InChI is InChI=1S/C21H35N7O2S2/c1-4-20(17-3-12-30-25-17,18-22-6-15-31-18)21(19-23-7-16-32-19,27-8-2-5-24-27)28(9-1)26-10-13-29-14-11-26/h19,23-24H,1-16H2. The quantitative estimate of drug-likeness (QED) is 0.593. The number of aliphatic imine (C=N–C) groups is 1. The lowest BCUT2D eigenvalue weighted by Gasteiger charge is -2.65. The number of thioether (sulfide) groups is 2. The first-order valence-corrected chi connectivity index (χ1v) is 14.2. The Morgan fingerprint density at radius 1 is 1.03 bits per heavy atom. The molecule has 32 heavy (non-hydrogen) atoms. The lowest BCUT2D eigenvalue weighted by atomic mass is 9.64. The van der Waals surface area contributed by atoms with Gasteiger partial charge in [0.1, 0.15) is 12.3 Å². The third-order valence-electron chi connectivity index (χ3n) is 7.67. The van der Waals surface area contributed by atoms with Crippen molar-refractivity contribution in [3.63, 3.8) is 0 Å². The van der Waals surface area contributed by atoms with Crippen LogP contribution in [0.25, 0.3) is 0 Å². The van der Waals surface area contributed by atoms with Crippen LogP contribution in [-0.4, -0.2) is 114 Å². The summed E-state index contributed by atoms with van der Waals surface area (Å²) >= 11 is 4.03. The molecular formula is C21H35N7O2S2. The number of oxime groups is 1. The molecule has 0 spiro atoms. The van der Waals surface area contributed by atoms with E-state index in [0.29, 0.717) is 6.61 Å². The third-order valence-corrected chi connectivity index (χ3v) is 10.1. The molecule has 2 N–H and O–H groups in total. The summed E-state index contributed by atoms with van der Waals surface area (Å²) in [6.07, 6.45) is 4.25. The predicted octanol–water partition coefficient (Wildman–Crippen LogP) is 0.807. The Kier molecular flexibility index (Phi) is 6.44. The molecule has 4 fully saturated rings. The van der Waals surface area contributed by atoms with Crippen molar-refractivity contribution in [1.29, 1.82) is 0 Å². The predicted molar refractivity (Wildman–Crippen MR) is 130 cm³/mol. The van der Waals surface area contributed by atoms with Crippen molar-refractivity contribution in [2.45, 2.75) is 36.7 Å². The fraction of sp³-hybridized carbons (Fsp3) is 0.905. The second kappa shape index (κ2) is 9.33. The summed E-state index contributed by atoms with van der Waals surface area (Å²) < 4.78 is 5.77. The maximum atomic E-state index is 5.77. The van der Waals surface area contributed by atoms with Gasteiger partial charge >= 0.3 is 0 Å². The summed E-state index contributed by atoms with van der Waals surface area (Å²) in [7, 11) is 0. The van der Waals surface area contributed by atoms with E-state index in [9.17, 15) is 0 Å². The Morgan fingerprint density at radius 2 is 1.97 bits per heavy atom. The van der Waals surface area contributed by atoms with E-state index in [2.05, 4.69) is 37.5 Å². The number of piperidine rings is 1. The van der Waals surface area contributed by atoms with E-state index in [0.717, 1.165) is 96.2 Å². The number of nitrogens with zero attached hydrogens (tertiary/aromatic N) is 5. The van der Waals surface area contributed by atoms with Crippen LogP contribution in [0.15, 0.2) is 10.1 Å². The topological polar surface area (TPSA) is 77.0 Å². The van der Waals surface area contributed by atoms with Crippen LogP contribution in [0.5, 0.6) is 0 Å². The zero-order valence-corrected chi connectivity index (χ0v) is 20.4. The van der Waals surface area contributed by atoms with E-state index in [1.807, 2.05) is 11.8 Å². The Balaban J connectivity index is 1.58. The van der Waals surface area contributed by atoms with Crippen LogP contribution in [0.4, 0.5) is 0 Å². The number of hydrogen-bond donors (Lipinski definition) is 2. The molecule has 11 heteroatoms. The van der Waals surface area contributed by atoms with Crippen molar-refractivity contribution in [1.82, 2.24) is 25.8 Å². The smallest absolute Gasteiger partial charge is 0.142 e. The molecule has 0 amide bonds. The number of morpholine rings is 1. The molecule has 0 aromatic carbocycles. The SMILES string of the molecule is C1CNN(C2(C3NCCS3)N(N3CCOCC3)CCCC2(C2=NOCC2)C2=NCCS2)C1. The number of hydrogen-bond acceptors (Lipinski definition) is 11. The summed E-state index contributed by atoms with van der Waals surface area (Å²) in [6, 6.07) is 0. The van der Waals surface area contributed by atoms with E-state index >= 15 is 0 Å². The van der Waals surface area contributed by atoms with Crippen molar-refractivity contribution in [3.8, 4) is 0 Å². The average Bonchev–Trinajstić information content (AvgIpc) is 3.67. The number of hydrazine groups is 2. The molecule has 3 atom stereocenters. The largest absolute Gasteiger partial charge is 0.395 e. The van der Waals surface area contributed by atoms with Crippen molar-refractivity contribution < 1.29 is 9.57 Å². The third kappa shape index (κ3) is 3.30. The molecule has 6 aliphatic rings. The molecule has 9 nitrogen and oxygen atoms in total. The fourth-order valence-corrected chi connectivity index (χ4v) is 9.10. The Labute approximate surface area is 199 Å². The molecular weight excluding hydrogens is 446 g/mol. The number of ether oxygens (including phenoxy) is 1. The normalized spacial score (nSPS) is 39.9. The maximum Gasteiger partial charge on any atom is 0.142 e. The number of rotatable bonds is 5. The molecule has 6 heterocycles. The minimum absolute atomic E-state index is 0.253. The molecule has 0 aliphatic carbocycles. The zero-order chi connectivity index (χ0) is 21.4. The van der Waals surface area contributed by atoms with Crippen LogP contribution in [0.3, 0.4) is 0 Å². The summed E-state index contributed by atoms with van der Waals surface area (Å²) in [4.78, 5) is 10.9. The monoisotopic (exact) mass is 481 g/mol. The Hall–Kier alpha value is -0.400. The first-order chi connectivity index (χ1) is 15.9. The first kappa shape index (κ1) is 22.1. The zero-order valence-electron chi connectivity index (χ0n) is 18.8. The summed E-state index contributed by atoms with van der Waals surface area (Å²) in [6.45, 7) is 9.18. The van der Waals surface area contributed by atoms with Crippen LogP contribution in [-0.2, 0) is 9.57 Å². The lowest BCUT2D eigenvalue weighted by molar-refractivity contribution is -0.244. The molecule has 0 saturated carbocycles. The van der Waals surface area contributed by atoms with E-state index in [1.165, 1.54) is 10.8 Å². The van der Waals surface area contributed by atoms with E-state index < -0.39 is 0 Å². The van der Waals surface area contributed by atoms with Gasteiger partial charge in [0.25, 0.3) is 0 Å². The highest BCUT2D eigenvalue weighted by Gasteiger charge is 2.70. The van der Waals surface area contributed by atoms with Crippen LogP contribution >= 0.6 is 23.5 Å². The molecule has 3 unspecified atom stereocenters. The molecule has 6 rings (SSSR count). The van der Waals surface area contributed by atoms with Crippen LogP contribution < -0.4 is 10.7 Å². The molecule has 0 aromatic heterocycles. The molecule has 0 bridgehead atoms. The maximum absolute atomic E-state index is 5.77. The Morgan fingerprint density at radius 3 is 2.66 bits per heavy atom. The second-order valence-corrected chi connectivity index (χ2v) is 11.5. The average molecular weight is 482 g/mol. The summed E-state index contributed by atoms with van der Waals surface area (Å²) in [5.74, 6) is 2.20. The van der Waals surface area contributed by atoms with Crippen LogP contribution in [0, 0.1) is 5.41 Å². The van der Waals surface area contributed by atoms with Crippen LogP contribution in [0.2, 0.25) is 0 Å². The minimum atomic E-state index is -0.330. The van der Waals surface area contributed by atoms with E-state index in [-0.39, 0.29) is 16.5 Å². The van der Waals surface area contributed by atoms with Gasteiger partial charge in [0.2, 0.25) is 0 Å². The van der Waals surface area contributed by atoms with Crippen molar-refractivity contribution in [2.24, 2.45) is 15.6 Å². The van der Waals surface area contributed by atoms with Gasteiger partial charge in [-0.05, 0) is 19.3 Å². The summed E-state index contributed by atoms with van der Waals surface area (Å²) in [5, 5.41) is 18.1.